The topological polar surface area (TPSA) is 93.8 Å². The van der Waals surface area contributed by atoms with Gasteiger partial charge in [0.05, 0.1) is 12.5 Å². The van der Waals surface area contributed by atoms with Gasteiger partial charge < -0.3 is 5.11 Å². The molecular weight excluding hydrogens is 326 g/mol. The van der Waals surface area contributed by atoms with E-state index in [4.69, 9.17) is 5.11 Å². The van der Waals surface area contributed by atoms with Crippen molar-refractivity contribution in [2.45, 2.75) is 32.2 Å². The molecule has 0 spiro atoms. The van der Waals surface area contributed by atoms with Crippen molar-refractivity contribution in [3.05, 3.63) is 22.8 Å². The molecule has 0 aromatic carbocycles. The maximum Gasteiger partial charge on any atom is 0.305 e. The van der Waals surface area contributed by atoms with Gasteiger partial charge in [0.15, 0.2) is 0 Å². The fourth-order valence-electron chi connectivity index (χ4n) is 1.99. The van der Waals surface area contributed by atoms with Crippen molar-refractivity contribution >= 4 is 21.9 Å². The van der Waals surface area contributed by atoms with Gasteiger partial charge in [-0.2, -0.15) is 0 Å². The van der Waals surface area contributed by atoms with Crippen LogP contribution in [0.4, 0.5) is 0 Å². The molecule has 0 fully saturated rings. The Bertz CT molecular complexity index is 601. The second kappa shape index (κ2) is 6.56. The normalized spacial score (nSPS) is 12.3. The molecule has 0 bridgehead atoms. The van der Waals surface area contributed by atoms with Gasteiger partial charge in [-0.25, -0.2) is 4.68 Å². The molecule has 0 amide bonds. The van der Waals surface area contributed by atoms with E-state index in [1.165, 1.54) is 0 Å². The first kappa shape index (κ1) is 14.6. The molecular formula is C12H14BrN5O2. The molecule has 2 aromatic rings. The Balaban J connectivity index is 2.40. The molecule has 0 saturated carbocycles. The van der Waals surface area contributed by atoms with E-state index < -0.39 is 5.97 Å². The zero-order chi connectivity index (χ0) is 14.5. The average molecular weight is 340 g/mol. The molecule has 2 rings (SSSR count). The third-order valence-corrected chi connectivity index (χ3v) is 3.48. The van der Waals surface area contributed by atoms with Crippen LogP contribution in [0.15, 0.2) is 22.8 Å². The van der Waals surface area contributed by atoms with Crippen LogP contribution >= 0.6 is 15.9 Å². The van der Waals surface area contributed by atoms with Crippen LogP contribution in [0.1, 0.15) is 32.2 Å². The molecule has 20 heavy (non-hydrogen) atoms. The SMILES string of the molecule is CCCC(CC(=O)O)n1nnnc1-c1ncccc1Br. The van der Waals surface area contributed by atoms with Gasteiger partial charge in [-0.05, 0) is 44.9 Å². The molecule has 0 radical (unpaired) electrons. The van der Waals surface area contributed by atoms with E-state index >= 15 is 0 Å². The largest absolute Gasteiger partial charge is 0.481 e. The van der Waals surface area contributed by atoms with Crippen LogP contribution in [-0.2, 0) is 4.79 Å². The van der Waals surface area contributed by atoms with E-state index in [0.29, 0.717) is 17.9 Å². The number of carboxylic acid groups (broad SMARTS) is 1. The third-order valence-electron chi connectivity index (χ3n) is 2.84. The van der Waals surface area contributed by atoms with Crippen LogP contribution in [0.25, 0.3) is 11.5 Å². The number of tetrazole rings is 1. The van der Waals surface area contributed by atoms with E-state index in [1.807, 2.05) is 13.0 Å². The van der Waals surface area contributed by atoms with Gasteiger partial charge in [0.25, 0.3) is 0 Å². The Kier molecular flexibility index (Phi) is 4.78. The summed E-state index contributed by atoms with van der Waals surface area (Å²) in [6.45, 7) is 2.00. The number of rotatable bonds is 6. The Morgan fingerprint density at radius 3 is 3.00 bits per heavy atom. The van der Waals surface area contributed by atoms with Crippen LogP contribution in [0, 0.1) is 0 Å². The zero-order valence-corrected chi connectivity index (χ0v) is 12.5. The number of aliphatic carboxylic acids is 1. The Hall–Kier alpha value is -1.83. The summed E-state index contributed by atoms with van der Waals surface area (Å²) in [5.74, 6) is -0.401. The van der Waals surface area contributed by atoms with Crippen LogP contribution in [0.2, 0.25) is 0 Å². The Labute approximate surface area is 124 Å². The van der Waals surface area contributed by atoms with Gasteiger partial charge in [0.2, 0.25) is 5.82 Å². The number of halogens is 1. The summed E-state index contributed by atoms with van der Waals surface area (Å²) in [6, 6.07) is 3.35. The van der Waals surface area contributed by atoms with Gasteiger partial charge in [0.1, 0.15) is 5.69 Å². The second-order valence-corrected chi connectivity index (χ2v) is 5.18. The van der Waals surface area contributed by atoms with Crippen molar-refractivity contribution in [2.75, 3.05) is 0 Å². The molecule has 0 aliphatic heterocycles. The zero-order valence-electron chi connectivity index (χ0n) is 10.9. The lowest BCUT2D eigenvalue weighted by molar-refractivity contribution is -0.138. The van der Waals surface area contributed by atoms with E-state index in [2.05, 4.69) is 36.4 Å². The van der Waals surface area contributed by atoms with Crippen LogP contribution < -0.4 is 0 Å². The average Bonchev–Trinajstić information content (AvgIpc) is 2.87. The quantitative estimate of drug-likeness (QED) is 0.867. The molecule has 1 unspecified atom stereocenters. The summed E-state index contributed by atoms with van der Waals surface area (Å²) in [7, 11) is 0. The summed E-state index contributed by atoms with van der Waals surface area (Å²) >= 11 is 3.40. The molecule has 7 nitrogen and oxygen atoms in total. The van der Waals surface area contributed by atoms with Gasteiger partial charge in [-0.3, -0.25) is 9.78 Å². The molecule has 8 heteroatoms. The standard InChI is InChI=1S/C12H14BrN5O2/c1-2-4-8(7-10(19)20)18-12(15-16-17-18)11-9(13)5-3-6-14-11/h3,5-6,8H,2,4,7H2,1H3,(H,19,20). The lowest BCUT2D eigenvalue weighted by Crippen LogP contribution is -2.16. The van der Waals surface area contributed by atoms with Crippen LogP contribution in [0.3, 0.4) is 0 Å². The molecule has 106 valence electrons. The van der Waals surface area contributed by atoms with Crippen molar-refractivity contribution < 1.29 is 9.90 Å². The predicted octanol–water partition coefficient (Wildman–Crippen LogP) is 2.31. The van der Waals surface area contributed by atoms with Gasteiger partial charge in [-0.15, -0.1) is 5.10 Å². The number of carbonyl (C=O) groups is 1. The molecule has 1 N–H and O–H groups in total. The fraction of sp³-hybridized carbons (Fsp3) is 0.417. The van der Waals surface area contributed by atoms with Gasteiger partial charge >= 0.3 is 5.97 Å². The van der Waals surface area contributed by atoms with Crippen molar-refractivity contribution in [1.82, 2.24) is 25.2 Å². The number of pyridine rings is 1. The van der Waals surface area contributed by atoms with E-state index in [9.17, 15) is 4.79 Å². The number of hydrogen-bond donors (Lipinski definition) is 1. The summed E-state index contributed by atoms with van der Waals surface area (Å²) in [6.07, 6.45) is 3.16. The molecule has 0 aliphatic rings. The molecule has 0 aliphatic carbocycles. The van der Waals surface area contributed by atoms with E-state index in [1.54, 1.807) is 16.9 Å². The van der Waals surface area contributed by atoms with E-state index in [-0.39, 0.29) is 12.5 Å². The lowest BCUT2D eigenvalue weighted by atomic mass is 10.1. The van der Waals surface area contributed by atoms with Gasteiger partial charge in [-0.1, -0.05) is 13.3 Å². The van der Waals surface area contributed by atoms with Crippen molar-refractivity contribution in [3.8, 4) is 11.5 Å². The monoisotopic (exact) mass is 339 g/mol. The molecule has 2 heterocycles. The van der Waals surface area contributed by atoms with Crippen molar-refractivity contribution in [3.63, 3.8) is 0 Å². The van der Waals surface area contributed by atoms with Crippen molar-refractivity contribution in [1.29, 1.82) is 0 Å². The van der Waals surface area contributed by atoms with E-state index in [0.717, 1.165) is 10.9 Å². The number of aromatic nitrogens is 5. The van der Waals surface area contributed by atoms with Crippen LogP contribution in [-0.4, -0.2) is 36.3 Å². The number of carboxylic acids is 1. The first-order valence-corrected chi connectivity index (χ1v) is 7.03. The minimum atomic E-state index is -0.870. The highest BCUT2D eigenvalue weighted by molar-refractivity contribution is 9.10. The number of hydrogen-bond acceptors (Lipinski definition) is 5. The summed E-state index contributed by atoms with van der Waals surface area (Å²) < 4.78 is 2.31. The maximum atomic E-state index is 11.0. The Morgan fingerprint density at radius 1 is 1.55 bits per heavy atom. The highest BCUT2D eigenvalue weighted by Crippen LogP contribution is 2.27. The predicted molar refractivity (Wildman–Crippen MR) is 74.9 cm³/mol. The fourth-order valence-corrected chi connectivity index (χ4v) is 2.42. The molecule has 1 atom stereocenters. The molecule has 0 saturated heterocycles. The highest BCUT2D eigenvalue weighted by atomic mass is 79.9. The first-order chi connectivity index (χ1) is 9.63. The van der Waals surface area contributed by atoms with Crippen LogP contribution in [0.5, 0.6) is 0 Å². The summed E-state index contributed by atoms with van der Waals surface area (Å²) in [4.78, 5) is 15.2. The second-order valence-electron chi connectivity index (χ2n) is 4.32. The van der Waals surface area contributed by atoms with Crippen molar-refractivity contribution in [2.24, 2.45) is 0 Å². The highest BCUT2D eigenvalue weighted by Gasteiger charge is 2.22. The summed E-state index contributed by atoms with van der Waals surface area (Å²) in [5.41, 5.74) is 0.601. The third kappa shape index (κ3) is 3.19. The number of nitrogens with zero attached hydrogens (tertiary/aromatic N) is 5. The maximum absolute atomic E-state index is 11.0. The minimum Gasteiger partial charge on any atom is -0.481 e. The lowest BCUT2D eigenvalue weighted by Gasteiger charge is -2.15. The first-order valence-electron chi connectivity index (χ1n) is 6.24. The summed E-state index contributed by atoms with van der Waals surface area (Å²) in [5, 5.41) is 20.6. The van der Waals surface area contributed by atoms with Gasteiger partial charge in [0, 0.05) is 10.7 Å². The Morgan fingerprint density at radius 2 is 2.35 bits per heavy atom. The molecule has 2 aromatic heterocycles. The smallest absolute Gasteiger partial charge is 0.305 e. The minimum absolute atomic E-state index is 0.0175.